The highest BCUT2D eigenvalue weighted by molar-refractivity contribution is 5.92. The van der Waals surface area contributed by atoms with E-state index in [2.05, 4.69) is 10.3 Å². The summed E-state index contributed by atoms with van der Waals surface area (Å²) in [6, 6.07) is 0.483. The molecule has 0 bridgehead atoms. The van der Waals surface area contributed by atoms with Crippen molar-refractivity contribution >= 4 is 5.71 Å². The van der Waals surface area contributed by atoms with Crippen LogP contribution in [0.25, 0.3) is 0 Å². The lowest BCUT2D eigenvalue weighted by Crippen LogP contribution is -2.45. The smallest absolute Gasteiger partial charge is 0.0751 e. The third kappa shape index (κ3) is 1.84. The van der Waals surface area contributed by atoms with Gasteiger partial charge in [0.05, 0.1) is 6.04 Å². The first-order valence-corrected chi connectivity index (χ1v) is 3.46. The third-order valence-corrected chi connectivity index (χ3v) is 1.48. The van der Waals surface area contributed by atoms with Gasteiger partial charge in [0.1, 0.15) is 0 Å². The Balaban J connectivity index is 2.36. The van der Waals surface area contributed by atoms with Gasteiger partial charge in [-0.25, -0.2) is 0 Å². The molecule has 0 aromatic heterocycles. The number of allylic oxidation sites excluding steroid dienone is 1. The summed E-state index contributed by atoms with van der Waals surface area (Å²) in [5.41, 5.74) is 6.20. The average molecular weight is 139 g/mol. The van der Waals surface area contributed by atoms with Crippen LogP contribution < -0.4 is 11.1 Å². The van der Waals surface area contributed by atoms with Crippen LogP contribution in [0.15, 0.2) is 17.3 Å². The summed E-state index contributed by atoms with van der Waals surface area (Å²) in [6.45, 7) is 3.98. The zero-order valence-electron chi connectivity index (χ0n) is 6.17. The molecule has 0 aromatic carbocycles. The van der Waals surface area contributed by atoms with Crippen LogP contribution in [0.4, 0.5) is 0 Å². The van der Waals surface area contributed by atoms with E-state index in [4.69, 9.17) is 5.73 Å². The van der Waals surface area contributed by atoms with E-state index in [0.717, 1.165) is 18.8 Å². The summed E-state index contributed by atoms with van der Waals surface area (Å²) in [6.07, 6.45) is 3.34. The van der Waals surface area contributed by atoms with Crippen LogP contribution in [0, 0.1) is 0 Å². The zero-order valence-corrected chi connectivity index (χ0v) is 6.17. The number of hydrogen-bond donors (Lipinski definition) is 2. The summed E-state index contributed by atoms with van der Waals surface area (Å²) in [5.74, 6) is 0. The molecule has 0 aromatic rings. The number of nitrogens with two attached hydrogens (primary N) is 1. The molecular formula is C7H13N3. The fourth-order valence-corrected chi connectivity index (χ4v) is 0.835. The zero-order chi connectivity index (χ0) is 7.40. The Hall–Kier alpha value is -0.830. The molecule has 56 valence electrons. The Kier molecular flexibility index (Phi) is 2.45. The first kappa shape index (κ1) is 7.28. The molecule has 1 saturated heterocycles. The lowest BCUT2D eigenvalue weighted by Gasteiger charge is -2.23. The summed E-state index contributed by atoms with van der Waals surface area (Å²) < 4.78 is 0. The molecule has 1 aliphatic heterocycles. The number of aliphatic imine (C=N–C) groups is 1. The summed E-state index contributed by atoms with van der Waals surface area (Å²) in [5, 5.41) is 3.15. The molecule has 0 saturated carbocycles. The molecule has 1 heterocycles. The van der Waals surface area contributed by atoms with E-state index in [-0.39, 0.29) is 0 Å². The number of rotatable bonds is 2. The van der Waals surface area contributed by atoms with Gasteiger partial charge in [0.25, 0.3) is 0 Å². The van der Waals surface area contributed by atoms with Gasteiger partial charge in [0, 0.05) is 18.8 Å². The Labute approximate surface area is 61.0 Å². The lowest BCUT2D eigenvalue weighted by molar-refractivity contribution is 0.448. The maximum absolute atomic E-state index is 5.19. The monoisotopic (exact) mass is 139 g/mol. The number of hydrogen-bond acceptors (Lipinski definition) is 3. The Morgan fingerprint density at radius 2 is 2.40 bits per heavy atom. The highest BCUT2D eigenvalue weighted by Gasteiger charge is 2.13. The maximum Gasteiger partial charge on any atom is 0.0751 e. The van der Waals surface area contributed by atoms with Crippen molar-refractivity contribution in [3.05, 3.63) is 12.3 Å². The minimum Gasteiger partial charge on any atom is -0.405 e. The van der Waals surface area contributed by atoms with Gasteiger partial charge >= 0.3 is 0 Å². The van der Waals surface area contributed by atoms with E-state index in [9.17, 15) is 0 Å². The molecule has 0 atom stereocenters. The Bertz CT molecular complexity index is 156. The molecule has 3 N–H and O–H groups in total. The molecular weight excluding hydrogens is 126 g/mol. The largest absolute Gasteiger partial charge is 0.405 e. The molecule has 0 amide bonds. The van der Waals surface area contributed by atoms with E-state index in [0.29, 0.717) is 6.04 Å². The maximum atomic E-state index is 5.19. The molecule has 10 heavy (non-hydrogen) atoms. The number of nitrogens with zero attached hydrogens (tertiary/aromatic N) is 1. The van der Waals surface area contributed by atoms with Crippen molar-refractivity contribution in [2.24, 2.45) is 10.7 Å². The lowest BCUT2D eigenvalue weighted by atomic mass is 10.2. The quantitative estimate of drug-likeness (QED) is 0.524. The normalized spacial score (nSPS) is 21.5. The van der Waals surface area contributed by atoms with Crippen LogP contribution in [0.2, 0.25) is 0 Å². The van der Waals surface area contributed by atoms with Crippen molar-refractivity contribution in [1.82, 2.24) is 5.32 Å². The van der Waals surface area contributed by atoms with E-state index in [1.54, 1.807) is 0 Å². The van der Waals surface area contributed by atoms with Gasteiger partial charge in [-0.2, -0.15) is 0 Å². The molecule has 3 heteroatoms. The fraction of sp³-hybridized carbons (Fsp3) is 0.571. The molecule has 1 aliphatic rings. The highest BCUT2D eigenvalue weighted by atomic mass is 15.0. The van der Waals surface area contributed by atoms with Crippen molar-refractivity contribution < 1.29 is 0 Å². The van der Waals surface area contributed by atoms with E-state index >= 15 is 0 Å². The second-order valence-electron chi connectivity index (χ2n) is 2.44. The van der Waals surface area contributed by atoms with E-state index in [1.807, 2.05) is 13.0 Å². The van der Waals surface area contributed by atoms with Crippen molar-refractivity contribution in [1.29, 1.82) is 0 Å². The highest BCUT2D eigenvalue weighted by Crippen LogP contribution is 1.97. The minimum absolute atomic E-state index is 0.483. The van der Waals surface area contributed by atoms with Crippen LogP contribution in [0.1, 0.15) is 6.92 Å². The Morgan fingerprint density at radius 1 is 1.70 bits per heavy atom. The van der Waals surface area contributed by atoms with Gasteiger partial charge in [0.15, 0.2) is 0 Å². The molecule has 1 rings (SSSR count). The van der Waals surface area contributed by atoms with Gasteiger partial charge in [-0.15, -0.1) is 0 Å². The average Bonchev–Trinajstić information content (AvgIpc) is 1.80. The Morgan fingerprint density at radius 3 is 2.80 bits per heavy atom. The summed E-state index contributed by atoms with van der Waals surface area (Å²) in [4.78, 5) is 4.36. The SMILES string of the molecule is CC(C=CN)=NC1CNC1. The first-order valence-electron chi connectivity index (χ1n) is 3.46. The minimum atomic E-state index is 0.483. The van der Waals surface area contributed by atoms with Crippen molar-refractivity contribution in [2.75, 3.05) is 13.1 Å². The van der Waals surface area contributed by atoms with Crippen molar-refractivity contribution in [2.45, 2.75) is 13.0 Å². The van der Waals surface area contributed by atoms with Crippen molar-refractivity contribution in [3.8, 4) is 0 Å². The van der Waals surface area contributed by atoms with Crippen LogP contribution in [0.3, 0.4) is 0 Å². The molecule has 1 fully saturated rings. The molecule has 0 unspecified atom stereocenters. The second kappa shape index (κ2) is 3.37. The third-order valence-electron chi connectivity index (χ3n) is 1.48. The van der Waals surface area contributed by atoms with E-state index in [1.165, 1.54) is 6.20 Å². The van der Waals surface area contributed by atoms with Crippen molar-refractivity contribution in [3.63, 3.8) is 0 Å². The summed E-state index contributed by atoms with van der Waals surface area (Å²) >= 11 is 0. The summed E-state index contributed by atoms with van der Waals surface area (Å²) in [7, 11) is 0. The van der Waals surface area contributed by atoms with Crippen LogP contribution in [0.5, 0.6) is 0 Å². The molecule has 0 aliphatic carbocycles. The first-order chi connectivity index (χ1) is 4.83. The number of nitrogens with one attached hydrogen (secondary N) is 1. The predicted octanol–water partition coefficient (Wildman–Crippen LogP) is -0.109. The van der Waals surface area contributed by atoms with Crippen LogP contribution in [-0.4, -0.2) is 24.8 Å². The predicted molar refractivity (Wildman–Crippen MR) is 43.1 cm³/mol. The van der Waals surface area contributed by atoms with Gasteiger partial charge in [0.2, 0.25) is 0 Å². The van der Waals surface area contributed by atoms with Crippen LogP contribution >= 0.6 is 0 Å². The van der Waals surface area contributed by atoms with Gasteiger partial charge in [-0.3, -0.25) is 4.99 Å². The van der Waals surface area contributed by atoms with Gasteiger partial charge < -0.3 is 11.1 Å². The molecule has 0 spiro atoms. The van der Waals surface area contributed by atoms with Gasteiger partial charge in [-0.05, 0) is 19.2 Å². The topological polar surface area (TPSA) is 50.4 Å². The second-order valence-corrected chi connectivity index (χ2v) is 2.44. The van der Waals surface area contributed by atoms with Gasteiger partial charge in [-0.1, -0.05) is 0 Å². The molecule has 3 nitrogen and oxygen atoms in total. The van der Waals surface area contributed by atoms with E-state index < -0.39 is 0 Å². The fourth-order valence-electron chi connectivity index (χ4n) is 0.835. The van der Waals surface area contributed by atoms with Crippen LogP contribution in [-0.2, 0) is 0 Å². The standard InChI is InChI=1S/C7H13N3/c1-6(2-3-8)10-7-4-9-5-7/h2-3,7,9H,4-5,8H2,1H3. The molecule has 0 radical (unpaired) electrons.